The van der Waals surface area contributed by atoms with Crippen LogP contribution in [-0.4, -0.2) is 20.1 Å². The number of hydrogen-bond donors (Lipinski definition) is 1. The Balaban J connectivity index is 2.12. The van der Waals surface area contributed by atoms with Gasteiger partial charge in [-0.2, -0.15) is 0 Å². The molecular formula is C21H25NO3. The van der Waals surface area contributed by atoms with Crippen LogP contribution in [0.5, 0.6) is 11.5 Å². The number of carbonyl (C=O) groups excluding carboxylic acids is 1. The van der Waals surface area contributed by atoms with Crippen LogP contribution in [0.25, 0.3) is 6.08 Å². The third-order valence-electron chi connectivity index (χ3n) is 4.20. The Kier molecular flexibility index (Phi) is 6.63. The Morgan fingerprint density at radius 2 is 1.84 bits per heavy atom. The molecule has 132 valence electrons. The first-order chi connectivity index (χ1) is 12.1. The van der Waals surface area contributed by atoms with Crippen LogP contribution in [0.15, 0.2) is 48.5 Å². The van der Waals surface area contributed by atoms with E-state index in [2.05, 4.69) is 25.2 Å². The van der Waals surface area contributed by atoms with Gasteiger partial charge in [-0.3, -0.25) is 4.79 Å². The number of anilines is 1. The summed E-state index contributed by atoms with van der Waals surface area (Å²) in [5, 5.41) is 2.97. The van der Waals surface area contributed by atoms with Crippen molar-refractivity contribution in [2.24, 2.45) is 0 Å². The van der Waals surface area contributed by atoms with Gasteiger partial charge in [-0.15, -0.1) is 0 Å². The second-order valence-corrected chi connectivity index (χ2v) is 5.83. The molecule has 2 aromatic carbocycles. The van der Waals surface area contributed by atoms with Gasteiger partial charge in [0.2, 0.25) is 5.91 Å². The van der Waals surface area contributed by atoms with Crippen LogP contribution in [0, 0.1) is 0 Å². The van der Waals surface area contributed by atoms with Crippen molar-refractivity contribution in [3.8, 4) is 11.5 Å². The highest BCUT2D eigenvalue weighted by molar-refractivity contribution is 6.02. The van der Waals surface area contributed by atoms with Crippen LogP contribution in [-0.2, 0) is 4.79 Å². The van der Waals surface area contributed by atoms with Crippen LogP contribution in [0.2, 0.25) is 0 Å². The van der Waals surface area contributed by atoms with Gasteiger partial charge in [0.25, 0.3) is 0 Å². The van der Waals surface area contributed by atoms with Gasteiger partial charge >= 0.3 is 0 Å². The molecule has 0 aliphatic rings. The molecule has 4 nitrogen and oxygen atoms in total. The molecule has 1 N–H and O–H groups in total. The molecule has 4 heteroatoms. The smallest absolute Gasteiger partial charge is 0.248 e. The van der Waals surface area contributed by atoms with Crippen LogP contribution < -0.4 is 14.8 Å². The van der Waals surface area contributed by atoms with E-state index in [1.807, 2.05) is 36.4 Å². The summed E-state index contributed by atoms with van der Waals surface area (Å²) in [7, 11) is 3.18. The molecular weight excluding hydrogens is 314 g/mol. The molecule has 0 saturated carbocycles. The van der Waals surface area contributed by atoms with E-state index in [1.165, 1.54) is 6.08 Å². The molecule has 2 aromatic rings. The zero-order valence-corrected chi connectivity index (χ0v) is 15.2. The number of carbonyl (C=O) groups is 1. The van der Waals surface area contributed by atoms with Gasteiger partial charge in [-0.05, 0) is 47.7 Å². The average molecular weight is 339 g/mol. The zero-order chi connectivity index (χ0) is 18.2. The lowest BCUT2D eigenvalue weighted by Gasteiger charge is -2.14. The van der Waals surface area contributed by atoms with E-state index in [-0.39, 0.29) is 5.91 Å². The number of methoxy groups -OCH3 is 2. The Bertz CT molecular complexity index is 753. The van der Waals surface area contributed by atoms with Crippen molar-refractivity contribution in [3.05, 3.63) is 59.7 Å². The second-order valence-electron chi connectivity index (χ2n) is 5.83. The van der Waals surface area contributed by atoms with Gasteiger partial charge < -0.3 is 14.8 Å². The van der Waals surface area contributed by atoms with Gasteiger partial charge in [0, 0.05) is 11.8 Å². The predicted octanol–water partition coefficient (Wildman–Crippen LogP) is 4.87. The molecule has 0 spiro atoms. The molecule has 1 atom stereocenters. The van der Waals surface area contributed by atoms with Crippen molar-refractivity contribution in [2.75, 3.05) is 19.5 Å². The fourth-order valence-electron chi connectivity index (χ4n) is 2.56. The lowest BCUT2D eigenvalue weighted by molar-refractivity contribution is -0.111. The van der Waals surface area contributed by atoms with E-state index < -0.39 is 0 Å². The average Bonchev–Trinajstić information content (AvgIpc) is 2.65. The normalized spacial score (nSPS) is 12.0. The largest absolute Gasteiger partial charge is 0.493 e. The second kappa shape index (κ2) is 8.92. The molecule has 0 aliphatic heterocycles. The molecule has 0 unspecified atom stereocenters. The number of ether oxygens (including phenoxy) is 2. The summed E-state index contributed by atoms with van der Waals surface area (Å²) in [6.07, 6.45) is 4.30. The molecule has 0 aliphatic carbocycles. The van der Waals surface area contributed by atoms with E-state index in [0.29, 0.717) is 17.4 Å². The van der Waals surface area contributed by atoms with Crippen molar-refractivity contribution < 1.29 is 14.3 Å². The van der Waals surface area contributed by atoms with Gasteiger partial charge in [0.15, 0.2) is 11.5 Å². The van der Waals surface area contributed by atoms with Crippen molar-refractivity contribution >= 4 is 17.7 Å². The molecule has 0 fully saturated rings. The van der Waals surface area contributed by atoms with Crippen molar-refractivity contribution in [2.45, 2.75) is 26.2 Å². The summed E-state index contributed by atoms with van der Waals surface area (Å²) in [4.78, 5) is 12.3. The van der Waals surface area contributed by atoms with Crippen LogP contribution in [0.4, 0.5) is 5.69 Å². The summed E-state index contributed by atoms with van der Waals surface area (Å²) < 4.78 is 10.5. The van der Waals surface area contributed by atoms with Crippen molar-refractivity contribution in [1.29, 1.82) is 0 Å². The van der Waals surface area contributed by atoms with E-state index in [9.17, 15) is 4.79 Å². The summed E-state index contributed by atoms with van der Waals surface area (Å²) in [6, 6.07) is 13.4. The monoisotopic (exact) mass is 339 g/mol. The standard InChI is InChI=1S/C21H25NO3/c1-5-15(2)17-8-6-7-9-18(17)22-21(23)13-11-16-10-12-19(24-3)20(14-16)25-4/h6-15H,5H2,1-4H3,(H,22,23)/b13-11+/t15-/m0/s1. The molecule has 0 aromatic heterocycles. The zero-order valence-electron chi connectivity index (χ0n) is 15.2. The van der Waals surface area contributed by atoms with Gasteiger partial charge in [-0.1, -0.05) is 38.1 Å². The minimum absolute atomic E-state index is 0.162. The fraction of sp³-hybridized carbons (Fsp3) is 0.286. The summed E-state index contributed by atoms with van der Waals surface area (Å²) in [5.74, 6) is 1.52. The topological polar surface area (TPSA) is 47.6 Å². The lowest BCUT2D eigenvalue weighted by Crippen LogP contribution is -2.10. The number of amides is 1. The molecule has 2 rings (SSSR count). The van der Waals surface area contributed by atoms with E-state index in [1.54, 1.807) is 20.3 Å². The van der Waals surface area contributed by atoms with Crippen molar-refractivity contribution in [1.82, 2.24) is 0 Å². The van der Waals surface area contributed by atoms with E-state index >= 15 is 0 Å². The summed E-state index contributed by atoms with van der Waals surface area (Å²) in [5.41, 5.74) is 2.87. The predicted molar refractivity (Wildman–Crippen MR) is 102 cm³/mol. The van der Waals surface area contributed by atoms with E-state index in [0.717, 1.165) is 23.2 Å². The Hall–Kier alpha value is -2.75. The maximum atomic E-state index is 12.3. The first kappa shape index (κ1) is 18.6. The Labute approximate surface area is 149 Å². The Morgan fingerprint density at radius 3 is 2.52 bits per heavy atom. The third-order valence-corrected chi connectivity index (χ3v) is 4.20. The van der Waals surface area contributed by atoms with Gasteiger partial charge in [0.05, 0.1) is 14.2 Å². The quantitative estimate of drug-likeness (QED) is 0.732. The number of nitrogens with one attached hydrogen (secondary N) is 1. The number of para-hydroxylation sites is 1. The lowest BCUT2D eigenvalue weighted by atomic mass is 9.97. The SMILES string of the molecule is CC[C@H](C)c1ccccc1NC(=O)/C=C/c1ccc(OC)c(OC)c1. The summed E-state index contributed by atoms with van der Waals surface area (Å²) >= 11 is 0. The minimum Gasteiger partial charge on any atom is -0.493 e. The highest BCUT2D eigenvalue weighted by atomic mass is 16.5. The van der Waals surface area contributed by atoms with Gasteiger partial charge in [-0.25, -0.2) is 0 Å². The fourth-order valence-corrected chi connectivity index (χ4v) is 2.56. The number of rotatable bonds is 7. The molecule has 0 bridgehead atoms. The molecule has 1 amide bonds. The Morgan fingerprint density at radius 1 is 1.12 bits per heavy atom. The number of hydrogen-bond acceptors (Lipinski definition) is 3. The molecule has 0 radical (unpaired) electrons. The molecule has 0 saturated heterocycles. The number of benzene rings is 2. The highest BCUT2D eigenvalue weighted by Gasteiger charge is 2.09. The molecule has 0 heterocycles. The maximum Gasteiger partial charge on any atom is 0.248 e. The van der Waals surface area contributed by atoms with Crippen LogP contribution in [0.1, 0.15) is 37.3 Å². The van der Waals surface area contributed by atoms with Crippen LogP contribution in [0.3, 0.4) is 0 Å². The minimum atomic E-state index is -0.162. The van der Waals surface area contributed by atoms with Crippen molar-refractivity contribution in [3.63, 3.8) is 0 Å². The van der Waals surface area contributed by atoms with E-state index in [4.69, 9.17) is 9.47 Å². The maximum absolute atomic E-state index is 12.3. The molecule has 25 heavy (non-hydrogen) atoms. The first-order valence-electron chi connectivity index (χ1n) is 8.39. The summed E-state index contributed by atoms with van der Waals surface area (Å²) in [6.45, 7) is 4.30. The van der Waals surface area contributed by atoms with Crippen LogP contribution >= 0.6 is 0 Å². The first-order valence-corrected chi connectivity index (χ1v) is 8.39. The third kappa shape index (κ3) is 4.86. The highest BCUT2D eigenvalue weighted by Crippen LogP contribution is 2.28. The van der Waals surface area contributed by atoms with Gasteiger partial charge in [0.1, 0.15) is 0 Å².